The van der Waals surface area contributed by atoms with Crippen molar-refractivity contribution < 1.29 is 4.39 Å². The van der Waals surface area contributed by atoms with E-state index < -0.39 is 5.82 Å². The fourth-order valence-electron chi connectivity index (χ4n) is 1.20. The van der Waals surface area contributed by atoms with Gasteiger partial charge in [0.1, 0.15) is 16.2 Å². The number of halogens is 2. The number of nitrogens with zero attached hydrogens (tertiary/aromatic N) is 2. The third kappa shape index (κ3) is 2.76. The summed E-state index contributed by atoms with van der Waals surface area (Å²) in [6.07, 6.45) is 0. The highest BCUT2D eigenvalue weighted by Gasteiger charge is 2.11. The normalized spacial score (nSPS) is 9.94. The second-order valence-electron chi connectivity index (χ2n) is 3.14. The molecular weight excluding hydrogens is 259 g/mol. The molecule has 5 heteroatoms. The lowest BCUT2D eigenvalue weighted by molar-refractivity contribution is 0.587. The summed E-state index contributed by atoms with van der Waals surface area (Å²) in [7, 11) is 0. The summed E-state index contributed by atoms with van der Waals surface area (Å²) in [4.78, 5) is 4.73. The standard InChI is InChI=1S/C12H6ClFN2S/c13-11-8(7-15)6-10(14)12(16-11)17-9-4-2-1-3-5-9/h1-6H. The maximum absolute atomic E-state index is 13.6. The van der Waals surface area contributed by atoms with E-state index in [2.05, 4.69) is 4.98 Å². The van der Waals surface area contributed by atoms with Crippen molar-refractivity contribution in [1.82, 2.24) is 4.98 Å². The molecule has 0 aliphatic heterocycles. The van der Waals surface area contributed by atoms with Crippen molar-refractivity contribution >= 4 is 23.4 Å². The molecule has 0 aliphatic rings. The van der Waals surface area contributed by atoms with Crippen LogP contribution in [0.4, 0.5) is 4.39 Å². The predicted molar refractivity (Wildman–Crippen MR) is 64.5 cm³/mol. The lowest BCUT2D eigenvalue weighted by Gasteiger charge is -2.03. The van der Waals surface area contributed by atoms with Gasteiger partial charge in [0.05, 0.1) is 5.56 Å². The van der Waals surface area contributed by atoms with Gasteiger partial charge < -0.3 is 0 Å². The van der Waals surface area contributed by atoms with Crippen LogP contribution in [0, 0.1) is 17.1 Å². The molecule has 0 saturated heterocycles. The summed E-state index contributed by atoms with van der Waals surface area (Å²) in [5.74, 6) is -0.542. The highest BCUT2D eigenvalue weighted by atomic mass is 35.5. The van der Waals surface area contributed by atoms with Crippen LogP contribution in [-0.4, -0.2) is 4.98 Å². The van der Waals surface area contributed by atoms with E-state index in [9.17, 15) is 4.39 Å². The van der Waals surface area contributed by atoms with Crippen LogP contribution < -0.4 is 0 Å². The van der Waals surface area contributed by atoms with Gasteiger partial charge in [-0.2, -0.15) is 5.26 Å². The molecule has 0 amide bonds. The predicted octanol–water partition coefficient (Wildman–Crippen LogP) is 3.90. The molecule has 1 aromatic carbocycles. The van der Waals surface area contributed by atoms with Crippen LogP contribution in [0.25, 0.3) is 0 Å². The van der Waals surface area contributed by atoms with Crippen LogP contribution in [0.2, 0.25) is 5.15 Å². The second kappa shape index (κ2) is 5.17. The zero-order valence-electron chi connectivity index (χ0n) is 8.52. The van der Waals surface area contributed by atoms with Gasteiger partial charge in [0.25, 0.3) is 0 Å². The largest absolute Gasteiger partial charge is 0.225 e. The topological polar surface area (TPSA) is 36.7 Å². The molecule has 0 aliphatic carbocycles. The Hall–Kier alpha value is -1.57. The Labute approximate surface area is 107 Å². The molecule has 1 heterocycles. The van der Waals surface area contributed by atoms with Crippen LogP contribution in [0.15, 0.2) is 46.3 Å². The lowest BCUT2D eigenvalue weighted by Crippen LogP contribution is -1.91. The van der Waals surface area contributed by atoms with Crippen LogP contribution >= 0.6 is 23.4 Å². The molecule has 0 spiro atoms. The molecule has 2 rings (SSSR count). The number of aromatic nitrogens is 1. The highest BCUT2D eigenvalue weighted by molar-refractivity contribution is 7.99. The van der Waals surface area contributed by atoms with Crippen LogP contribution in [0.1, 0.15) is 5.56 Å². The van der Waals surface area contributed by atoms with Crippen molar-refractivity contribution in [2.24, 2.45) is 0 Å². The van der Waals surface area contributed by atoms with Crippen molar-refractivity contribution in [3.63, 3.8) is 0 Å². The number of benzene rings is 1. The monoisotopic (exact) mass is 264 g/mol. The zero-order valence-corrected chi connectivity index (χ0v) is 10.1. The number of hydrogen-bond donors (Lipinski definition) is 0. The first kappa shape index (κ1) is 11.9. The third-order valence-electron chi connectivity index (χ3n) is 1.98. The quantitative estimate of drug-likeness (QED) is 0.772. The number of nitriles is 1. The Morgan fingerprint density at radius 1 is 1.29 bits per heavy atom. The van der Waals surface area contributed by atoms with Gasteiger partial charge in [-0.1, -0.05) is 41.6 Å². The van der Waals surface area contributed by atoms with Crippen molar-refractivity contribution in [3.8, 4) is 6.07 Å². The molecule has 0 bridgehead atoms. The first-order chi connectivity index (χ1) is 8.20. The molecule has 0 saturated carbocycles. The molecular formula is C12H6ClFN2S. The summed E-state index contributed by atoms with van der Waals surface area (Å²) < 4.78 is 13.6. The average molecular weight is 265 g/mol. The molecule has 0 fully saturated rings. The van der Waals surface area contributed by atoms with Crippen molar-refractivity contribution in [2.45, 2.75) is 9.92 Å². The van der Waals surface area contributed by atoms with Gasteiger partial charge in [0.2, 0.25) is 0 Å². The minimum absolute atomic E-state index is 0.0207. The smallest absolute Gasteiger partial charge is 0.157 e. The maximum atomic E-state index is 13.6. The van der Waals surface area contributed by atoms with Gasteiger partial charge in [-0.05, 0) is 18.2 Å². The molecule has 0 atom stereocenters. The zero-order chi connectivity index (χ0) is 12.3. The van der Waals surface area contributed by atoms with Crippen molar-refractivity contribution in [1.29, 1.82) is 5.26 Å². The van der Waals surface area contributed by atoms with Gasteiger partial charge in [0, 0.05) is 4.90 Å². The van der Waals surface area contributed by atoms with E-state index in [1.165, 1.54) is 11.8 Å². The molecule has 84 valence electrons. The summed E-state index contributed by atoms with van der Waals surface area (Å²) in [5.41, 5.74) is 0.0431. The van der Waals surface area contributed by atoms with Crippen molar-refractivity contribution in [3.05, 3.63) is 52.9 Å². The Morgan fingerprint density at radius 3 is 2.65 bits per heavy atom. The number of hydrogen-bond acceptors (Lipinski definition) is 3. The van der Waals surface area contributed by atoms with E-state index in [0.717, 1.165) is 11.0 Å². The van der Waals surface area contributed by atoms with E-state index >= 15 is 0 Å². The van der Waals surface area contributed by atoms with E-state index in [4.69, 9.17) is 16.9 Å². The first-order valence-corrected chi connectivity index (χ1v) is 5.89. The molecule has 1 aromatic heterocycles. The van der Waals surface area contributed by atoms with Gasteiger partial charge in [-0.3, -0.25) is 0 Å². The Balaban J connectivity index is 2.35. The Kier molecular flexibility index (Phi) is 3.62. The first-order valence-electron chi connectivity index (χ1n) is 4.70. The summed E-state index contributed by atoms with van der Waals surface area (Å²) in [5, 5.41) is 8.86. The summed E-state index contributed by atoms with van der Waals surface area (Å²) >= 11 is 6.92. The average Bonchev–Trinajstić information content (AvgIpc) is 2.34. The van der Waals surface area contributed by atoms with Gasteiger partial charge in [0.15, 0.2) is 5.82 Å². The Bertz CT molecular complexity index is 581. The molecule has 0 N–H and O–H groups in total. The van der Waals surface area contributed by atoms with E-state index in [-0.39, 0.29) is 15.7 Å². The van der Waals surface area contributed by atoms with Gasteiger partial charge in [-0.25, -0.2) is 9.37 Å². The van der Waals surface area contributed by atoms with E-state index in [1.807, 2.05) is 30.3 Å². The Morgan fingerprint density at radius 2 is 2.00 bits per heavy atom. The van der Waals surface area contributed by atoms with E-state index in [0.29, 0.717) is 0 Å². The molecule has 2 aromatic rings. The summed E-state index contributed by atoms with van der Waals surface area (Å²) in [6.45, 7) is 0. The minimum Gasteiger partial charge on any atom is -0.225 e. The second-order valence-corrected chi connectivity index (χ2v) is 4.56. The fraction of sp³-hybridized carbons (Fsp3) is 0. The maximum Gasteiger partial charge on any atom is 0.157 e. The summed E-state index contributed by atoms with van der Waals surface area (Å²) in [6, 6.07) is 12.2. The van der Waals surface area contributed by atoms with Crippen LogP contribution in [0.5, 0.6) is 0 Å². The van der Waals surface area contributed by atoms with Crippen molar-refractivity contribution in [2.75, 3.05) is 0 Å². The number of rotatable bonds is 2. The number of pyridine rings is 1. The minimum atomic E-state index is -0.542. The fourth-order valence-corrected chi connectivity index (χ4v) is 2.24. The van der Waals surface area contributed by atoms with Crippen LogP contribution in [0.3, 0.4) is 0 Å². The van der Waals surface area contributed by atoms with Crippen LogP contribution in [-0.2, 0) is 0 Å². The molecule has 0 radical (unpaired) electrons. The third-order valence-corrected chi connectivity index (χ3v) is 3.25. The van der Waals surface area contributed by atoms with Gasteiger partial charge in [-0.15, -0.1) is 0 Å². The molecule has 2 nitrogen and oxygen atoms in total. The van der Waals surface area contributed by atoms with E-state index in [1.54, 1.807) is 6.07 Å². The highest BCUT2D eigenvalue weighted by Crippen LogP contribution is 2.30. The van der Waals surface area contributed by atoms with Gasteiger partial charge >= 0.3 is 0 Å². The molecule has 17 heavy (non-hydrogen) atoms. The molecule has 0 unspecified atom stereocenters. The SMILES string of the molecule is N#Cc1cc(F)c(Sc2ccccc2)nc1Cl. The lowest BCUT2D eigenvalue weighted by atomic mass is 10.3.